The molecule has 1 aliphatic carbocycles. The van der Waals surface area contributed by atoms with Crippen LogP contribution in [0.4, 0.5) is 8.78 Å². The molecule has 4 heteroatoms. The first kappa shape index (κ1) is 12.5. The molecule has 1 saturated carbocycles. The number of hydrogen-bond donors (Lipinski definition) is 1. The summed E-state index contributed by atoms with van der Waals surface area (Å²) in [5, 5.41) is 1.01. The van der Waals surface area contributed by atoms with Crippen LogP contribution in [0.5, 0.6) is 5.75 Å². The summed E-state index contributed by atoms with van der Waals surface area (Å²) in [6, 6.07) is 5.10. The molecule has 1 aromatic heterocycles. The van der Waals surface area contributed by atoms with Crippen LogP contribution < -0.4 is 4.74 Å². The second-order valence-electron chi connectivity index (χ2n) is 5.34. The van der Waals surface area contributed by atoms with Gasteiger partial charge in [0.05, 0.1) is 0 Å². The second-order valence-corrected chi connectivity index (χ2v) is 5.34. The summed E-state index contributed by atoms with van der Waals surface area (Å²) in [4.78, 5) is 3.22. The summed E-state index contributed by atoms with van der Waals surface area (Å²) in [6.45, 7) is -0.513. The Bertz CT molecular complexity index is 579. The predicted molar refractivity (Wildman–Crippen MR) is 70.7 cm³/mol. The Balaban J connectivity index is 2.00. The van der Waals surface area contributed by atoms with E-state index in [-0.39, 0.29) is 5.75 Å². The molecule has 3 rings (SSSR count). The van der Waals surface area contributed by atoms with Crippen molar-refractivity contribution in [2.75, 3.05) is 0 Å². The maximum absolute atomic E-state index is 12.3. The number of rotatable bonds is 3. The Hall–Kier alpha value is -1.58. The highest BCUT2D eigenvalue weighted by atomic mass is 19.3. The van der Waals surface area contributed by atoms with E-state index < -0.39 is 6.61 Å². The first-order valence-corrected chi connectivity index (χ1v) is 6.71. The zero-order valence-corrected chi connectivity index (χ0v) is 10.8. The van der Waals surface area contributed by atoms with Gasteiger partial charge in [0, 0.05) is 17.1 Å². The Labute approximate surface area is 110 Å². The molecule has 1 fully saturated rings. The average molecular weight is 265 g/mol. The van der Waals surface area contributed by atoms with E-state index in [4.69, 9.17) is 0 Å². The summed E-state index contributed by atoms with van der Waals surface area (Å²) in [6.07, 6.45) is 5.67. The van der Waals surface area contributed by atoms with Crippen molar-refractivity contribution in [2.45, 2.75) is 38.7 Å². The number of benzene rings is 1. The van der Waals surface area contributed by atoms with E-state index in [1.54, 1.807) is 18.2 Å². The van der Waals surface area contributed by atoms with Crippen LogP contribution in [0.2, 0.25) is 0 Å². The fourth-order valence-electron chi connectivity index (χ4n) is 3.21. The lowest BCUT2D eigenvalue weighted by molar-refractivity contribution is -0.0497. The first-order chi connectivity index (χ1) is 9.15. The number of hydrogen-bond acceptors (Lipinski definition) is 1. The van der Waals surface area contributed by atoms with E-state index in [1.165, 1.54) is 24.8 Å². The quantitative estimate of drug-likeness (QED) is 0.856. The lowest BCUT2D eigenvalue weighted by Crippen LogP contribution is -2.02. The lowest BCUT2D eigenvalue weighted by atomic mass is 9.90. The molecule has 1 heterocycles. The smallest absolute Gasteiger partial charge is 0.387 e. The minimum absolute atomic E-state index is 0.231. The van der Waals surface area contributed by atoms with Gasteiger partial charge in [0.15, 0.2) is 0 Å². The second kappa shape index (κ2) is 4.83. The van der Waals surface area contributed by atoms with Crippen molar-refractivity contribution in [1.82, 2.24) is 4.98 Å². The number of aromatic nitrogens is 1. The molecule has 0 bridgehead atoms. The van der Waals surface area contributed by atoms with Crippen LogP contribution in [0.25, 0.3) is 10.9 Å². The van der Waals surface area contributed by atoms with E-state index in [0.29, 0.717) is 11.8 Å². The molecule has 2 aromatic rings. The Morgan fingerprint density at radius 2 is 2.16 bits per heavy atom. The molecule has 2 atom stereocenters. The van der Waals surface area contributed by atoms with Gasteiger partial charge in [-0.2, -0.15) is 8.78 Å². The molecule has 2 unspecified atom stereocenters. The highest BCUT2D eigenvalue weighted by Gasteiger charge is 2.27. The van der Waals surface area contributed by atoms with Gasteiger partial charge in [-0.3, -0.25) is 0 Å². The van der Waals surface area contributed by atoms with Crippen molar-refractivity contribution >= 4 is 10.9 Å². The molecule has 1 N–H and O–H groups in total. The standard InChI is InChI=1S/C15H17F2NO/c1-9-3-2-4-11(9)13-8-18-14-6-5-10(7-12(13)14)19-15(16)17/h5-9,11,15,18H,2-4H2,1H3. The van der Waals surface area contributed by atoms with Gasteiger partial charge >= 0.3 is 6.61 Å². The van der Waals surface area contributed by atoms with Crippen LogP contribution in [0.15, 0.2) is 24.4 Å². The first-order valence-electron chi connectivity index (χ1n) is 6.71. The molecule has 0 aliphatic heterocycles. The van der Waals surface area contributed by atoms with Crippen LogP contribution in [0, 0.1) is 5.92 Å². The van der Waals surface area contributed by atoms with E-state index in [0.717, 1.165) is 10.9 Å². The Morgan fingerprint density at radius 3 is 2.84 bits per heavy atom. The van der Waals surface area contributed by atoms with Crippen molar-refractivity contribution in [3.05, 3.63) is 30.0 Å². The van der Waals surface area contributed by atoms with E-state index in [1.807, 2.05) is 6.20 Å². The van der Waals surface area contributed by atoms with Crippen molar-refractivity contribution < 1.29 is 13.5 Å². The molecule has 19 heavy (non-hydrogen) atoms. The number of fused-ring (bicyclic) bond motifs is 1. The molecule has 0 amide bonds. The van der Waals surface area contributed by atoms with Crippen LogP contribution in [-0.4, -0.2) is 11.6 Å². The van der Waals surface area contributed by atoms with E-state index in [2.05, 4.69) is 16.6 Å². The molecular weight excluding hydrogens is 248 g/mol. The Morgan fingerprint density at radius 1 is 1.32 bits per heavy atom. The molecule has 2 nitrogen and oxygen atoms in total. The van der Waals surface area contributed by atoms with Gasteiger partial charge < -0.3 is 9.72 Å². The third-order valence-corrected chi connectivity index (χ3v) is 4.17. The molecule has 0 radical (unpaired) electrons. The summed E-state index contributed by atoms with van der Waals surface area (Å²) >= 11 is 0. The largest absolute Gasteiger partial charge is 0.435 e. The molecule has 102 valence electrons. The molecule has 1 aromatic carbocycles. The minimum Gasteiger partial charge on any atom is -0.435 e. The fourth-order valence-corrected chi connectivity index (χ4v) is 3.21. The number of alkyl halides is 2. The van der Waals surface area contributed by atoms with Gasteiger partial charge in [0.1, 0.15) is 5.75 Å². The summed E-state index contributed by atoms with van der Waals surface area (Å²) in [5.41, 5.74) is 2.22. The minimum atomic E-state index is -2.77. The third-order valence-electron chi connectivity index (χ3n) is 4.17. The molecule has 0 spiro atoms. The van der Waals surface area contributed by atoms with Crippen molar-refractivity contribution in [1.29, 1.82) is 0 Å². The fraction of sp³-hybridized carbons (Fsp3) is 0.467. The SMILES string of the molecule is CC1CCCC1c1c[nH]c2ccc(OC(F)F)cc12. The normalized spacial score (nSPS) is 23.4. The van der Waals surface area contributed by atoms with E-state index >= 15 is 0 Å². The topological polar surface area (TPSA) is 25.0 Å². The lowest BCUT2D eigenvalue weighted by Gasteiger charge is -2.14. The van der Waals surface area contributed by atoms with Gasteiger partial charge in [-0.25, -0.2) is 0 Å². The van der Waals surface area contributed by atoms with Crippen LogP contribution >= 0.6 is 0 Å². The Kier molecular flexibility index (Phi) is 3.17. The maximum Gasteiger partial charge on any atom is 0.387 e. The van der Waals surface area contributed by atoms with Gasteiger partial charge in [-0.15, -0.1) is 0 Å². The monoisotopic (exact) mass is 265 g/mol. The van der Waals surface area contributed by atoms with Gasteiger partial charge in [-0.05, 0) is 42.0 Å². The van der Waals surface area contributed by atoms with Crippen LogP contribution in [0.1, 0.15) is 37.7 Å². The summed E-state index contributed by atoms with van der Waals surface area (Å²) in [7, 11) is 0. The van der Waals surface area contributed by atoms with Crippen LogP contribution in [-0.2, 0) is 0 Å². The zero-order chi connectivity index (χ0) is 13.4. The number of ether oxygens (including phenoxy) is 1. The number of halogens is 2. The highest BCUT2D eigenvalue weighted by molar-refractivity contribution is 5.85. The average Bonchev–Trinajstić information content (AvgIpc) is 2.94. The van der Waals surface area contributed by atoms with Crippen molar-refractivity contribution in [3.8, 4) is 5.75 Å². The van der Waals surface area contributed by atoms with Crippen molar-refractivity contribution in [2.24, 2.45) is 5.92 Å². The highest BCUT2D eigenvalue weighted by Crippen LogP contribution is 2.42. The number of aromatic amines is 1. The van der Waals surface area contributed by atoms with Crippen molar-refractivity contribution in [3.63, 3.8) is 0 Å². The molecular formula is C15H17F2NO. The number of nitrogens with one attached hydrogen (secondary N) is 1. The van der Waals surface area contributed by atoms with Crippen LogP contribution in [0.3, 0.4) is 0 Å². The predicted octanol–water partition coefficient (Wildman–Crippen LogP) is 4.67. The molecule has 0 saturated heterocycles. The molecule has 1 aliphatic rings. The summed E-state index contributed by atoms with van der Waals surface area (Å²) < 4.78 is 29.0. The van der Waals surface area contributed by atoms with E-state index in [9.17, 15) is 8.78 Å². The van der Waals surface area contributed by atoms with Gasteiger partial charge in [-0.1, -0.05) is 19.8 Å². The van der Waals surface area contributed by atoms with Gasteiger partial charge in [0.2, 0.25) is 0 Å². The zero-order valence-electron chi connectivity index (χ0n) is 10.8. The third kappa shape index (κ3) is 2.31. The summed E-state index contributed by atoms with van der Waals surface area (Å²) in [5.74, 6) is 1.41. The maximum atomic E-state index is 12.3. The van der Waals surface area contributed by atoms with Gasteiger partial charge in [0.25, 0.3) is 0 Å². The number of H-pyrrole nitrogens is 1.